The van der Waals surface area contributed by atoms with Crippen LogP contribution in [-0.4, -0.2) is 43.2 Å². The molecule has 2 aromatic carbocycles. The molecule has 3 rings (SSSR count). The Morgan fingerprint density at radius 2 is 1.81 bits per heavy atom. The van der Waals surface area contributed by atoms with Crippen LogP contribution in [0.4, 0.5) is 5.69 Å². The molecule has 2 aromatic rings. The highest BCUT2D eigenvalue weighted by atomic mass is 16.5. The molecule has 1 aliphatic rings. The van der Waals surface area contributed by atoms with Gasteiger partial charge in [-0.3, -0.25) is 0 Å². The fraction of sp³-hybridized carbons (Fsp3) is 0.409. The van der Waals surface area contributed by atoms with Crippen molar-refractivity contribution in [3.8, 4) is 0 Å². The maximum absolute atomic E-state index is 12.7. The first-order valence-electron chi connectivity index (χ1n) is 9.32. The molecule has 0 spiro atoms. The van der Waals surface area contributed by atoms with E-state index in [0.29, 0.717) is 0 Å². The van der Waals surface area contributed by atoms with Gasteiger partial charge in [0, 0.05) is 31.2 Å². The number of carbonyl (C=O) groups is 1. The molecule has 4 nitrogen and oxygen atoms in total. The maximum Gasteiger partial charge on any atom is 0.331 e. The highest BCUT2D eigenvalue weighted by Gasteiger charge is 2.47. The summed E-state index contributed by atoms with van der Waals surface area (Å²) in [6.45, 7) is 4.91. The summed E-state index contributed by atoms with van der Waals surface area (Å²) in [6.07, 6.45) is 1.77. The van der Waals surface area contributed by atoms with Crippen LogP contribution in [-0.2, 0) is 16.0 Å². The van der Waals surface area contributed by atoms with Crippen LogP contribution in [0.2, 0.25) is 0 Å². The van der Waals surface area contributed by atoms with E-state index in [1.165, 1.54) is 12.7 Å². The average Bonchev–Trinajstić information content (AvgIpc) is 2.69. The van der Waals surface area contributed by atoms with E-state index in [2.05, 4.69) is 41.4 Å². The third-order valence-electron chi connectivity index (χ3n) is 5.45. The SMILES string of the molecule is COC(=O)[C@]1(Nc2ccccc2)CCN(CCc2ccccc2)C[C@H]1C. The largest absolute Gasteiger partial charge is 0.467 e. The second kappa shape index (κ2) is 8.37. The smallest absolute Gasteiger partial charge is 0.331 e. The summed E-state index contributed by atoms with van der Waals surface area (Å²) in [6, 6.07) is 20.5. The quantitative estimate of drug-likeness (QED) is 0.807. The second-order valence-corrected chi connectivity index (χ2v) is 7.14. The standard InChI is InChI=1S/C22H28N2O2/c1-18-17-24(15-13-19-9-5-3-6-10-19)16-14-22(18,21(25)26-2)23-20-11-7-4-8-12-20/h3-12,18,23H,13-17H2,1-2H3/t18-,22+/m1/s1. The van der Waals surface area contributed by atoms with Gasteiger partial charge in [-0.15, -0.1) is 0 Å². The van der Waals surface area contributed by atoms with Crippen LogP contribution < -0.4 is 5.32 Å². The second-order valence-electron chi connectivity index (χ2n) is 7.14. The lowest BCUT2D eigenvalue weighted by Crippen LogP contribution is -2.60. The number of nitrogens with zero attached hydrogens (tertiary/aromatic N) is 1. The Morgan fingerprint density at radius 3 is 2.42 bits per heavy atom. The fourth-order valence-electron chi connectivity index (χ4n) is 3.85. The number of carbonyl (C=O) groups excluding carboxylic acids is 1. The van der Waals surface area contributed by atoms with Gasteiger partial charge in [-0.05, 0) is 30.5 Å². The number of benzene rings is 2. The van der Waals surface area contributed by atoms with Crippen molar-refractivity contribution in [1.29, 1.82) is 0 Å². The number of piperidine rings is 1. The van der Waals surface area contributed by atoms with Crippen molar-refractivity contribution in [3.05, 3.63) is 66.2 Å². The van der Waals surface area contributed by atoms with E-state index < -0.39 is 5.54 Å². The van der Waals surface area contributed by atoms with E-state index in [4.69, 9.17) is 4.74 Å². The van der Waals surface area contributed by atoms with E-state index in [9.17, 15) is 4.79 Å². The van der Waals surface area contributed by atoms with E-state index >= 15 is 0 Å². The lowest BCUT2D eigenvalue weighted by atomic mass is 9.78. The van der Waals surface area contributed by atoms with Gasteiger partial charge in [0.05, 0.1) is 7.11 Å². The number of nitrogens with one attached hydrogen (secondary N) is 1. The van der Waals surface area contributed by atoms with Gasteiger partial charge in [0.2, 0.25) is 0 Å². The van der Waals surface area contributed by atoms with Crippen LogP contribution >= 0.6 is 0 Å². The first-order valence-corrected chi connectivity index (χ1v) is 9.32. The van der Waals surface area contributed by atoms with Gasteiger partial charge in [-0.2, -0.15) is 0 Å². The highest BCUT2D eigenvalue weighted by molar-refractivity contribution is 5.85. The zero-order valence-corrected chi connectivity index (χ0v) is 15.7. The van der Waals surface area contributed by atoms with Crippen molar-refractivity contribution in [3.63, 3.8) is 0 Å². The minimum atomic E-state index is -0.667. The predicted molar refractivity (Wildman–Crippen MR) is 105 cm³/mol. The number of anilines is 1. The summed E-state index contributed by atoms with van der Waals surface area (Å²) in [4.78, 5) is 15.1. The molecule has 0 unspecified atom stereocenters. The number of hydrogen-bond acceptors (Lipinski definition) is 4. The lowest BCUT2D eigenvalue weighted by molar-refractivity contribution is -0.150. The Kier molecular flexibility index (Phi) is 5.94. The van der Waals surface area contributed by atoms with Gasteiger partial charge in [-0.1, -0.05) is 55.5 Å². The molecule has 1 fully saturated rings. The summed E-state index contributed by atoms with van der Waals surface area (Å²) >= 11 is 0. The zero-order chi connectivity index (χ0) is 18.4. The van der Waals surface area contributed by atoms with E-state index in [1.54, 1.807) is 0 Å². The molecule has 4 heteroatoms. The summed E-state index contributed by atoms with van der Waals surface area (Å²) in [7, 11) is 1.48. The molecule has 0 bridgehead atoms. The molecule has 0 saturated carbocycles. The Labute approximate surface area is 156 Å². The van der Waals surface area contributed by atoms with Crippen molar-refractivity contribution < 1.29 is 9.53 Å². The Bertz CT molecular complexity index is 705. The molecule has 138 valence electrons. The van der Waals surface area contributed by atoms with Crippen molar-refractivity contribution in [2.24, 2.45) is 5.92 Å². The Morgan fingerprint density at radius 1 is 1.15 bits per heavy atom. The topological polar surface area (TPSA) is 41.6 Å². The normalized spacial score (nSPS) is 23.4. The third-order valence-corrected chi connectivity index (χ3v) is 5.45. The minimum absolute atomic E-state index is 0.152. The monoisotopic (exact) mass is 352 g/mol. The summed E-state index contributed by atoms with van der Waals surface area (Å²) < 4.78 is 5.18. The highest BCUT2D eigenvalue weighted by Crippen LogP contribution is 2.33. The molecule has 0 aromatic heterocycles. The van der Waals surface area contributed by atoms with Crippen molar-refractivity contribution in [2.75, 3.05) is 32.1 Å². The molecule has 2 atom stereocenters. The molecular formula is C22H28N2O2. The van der Waals surface area contributed by atoms with Crippen LogP contribution in [0, 0.1) is 5.92 Å². The maximum atomic E-state index is 12.7. The molecule has 0 amide bonds. The zero-order valence-electron chi connectivity index (χ0n) is 15.7. The number of rotatable bonds is 6. The Hall–Kier alpha value is -2.33. The van der Waals surface area contributed by atoms with Crippen LogP contribution in [0.1, 0.15) is 18.9 Å². The summed E-state index contributed by atoms with van der Waals surface area (Å²) in [5, 5.41) is 3.49. The summed E-state index contributed by atoms with van der Waals surface area (Å²) in [5.41, 5.74) is 1.65. The van der Waals surface area contributed by atoms with Gasteiger partial charge >= 0.3 is 5.97 Å². The first-order chi connectivity index (χ1) is 12.6. The molecule has 1 heterocycles. The van der Waals surface area contributed by atoms with Crippen molar-refractivity contribution in [1.82, 2.24) is 4.90 Å². The minimum Gasteiger partial charge on any atom is -0.467 e. The van der Waals surface area contributed by atoms with Gasteiger partial charge in [0.25, 0.3) is 0 Å². The molecular weight excluding hydrogens is 324 g/mol. The number of hydrogen-bond donors (Lipinski definition) is 1. The van der Waals surface area contributed by atoms with E-state index in [1.807, 2.05) is 36.4 Å². The predicted octanol–water partition coefficient (Wildman–Crippen LogP) is 3.59. The number of esters is 1. The van der Waals surface area contributed by atoms with Gasteiger partial charge in [0.1, 0.15) is 5.54 Å². The molecule has 26 heavy (non-hydrogen) atoms. The molecule has 1 aliphatic heterocycles. The summed E-state index contributed by atoms with van der Waals surface area (Å²) in [5.74, 6) is -0.0174. The van der Waals surface area contributed by atoms with Gasteiger partial charge in [0.15, 0.2) is 0 Å². The van der Waals surface area contributed by atoms with Crippen molar-refractivity contribution >= 4 is 11.7 Å². The third kappa shape index (κ3) is 4.07. The fourth-order valence-corrected chi connectivity index (χ4v) is 3.85. The molecule has 0 radical (unpaired) electrons. The average molecular weight is 352 g/mol. The Balaban J connectivity index is 1.67. The van der Waals surface area contributed by atoms with E-state index in [-0.39, 0.29) is 11.9 Å². The van der Waals surface area contributed by atoms with Crippen LogP contribution in [0.5, 0.6) is 0 Å². The first kappa shape index (κ1) is 18.5. The lowest BCUT2D eigenvalue weighted by Gasteiger charge is -2.45. The van der Waals surface area contributed by atoms with E-state index in [0.717, 1.165) is 38.2 Å². The van der Waals surface area contributed by atoms with Crippen LogP contribution in [0.15, 0.2) is 60.7 Å². The van der Waals surface area contributed by atoms with Crippen molar-refractivity contribution in [2.45, 2.75) is 25.3 Å². The number of methoxy groups -OCH3 is 1. The molecule has 1 N–H and O–H groups in total. The number of para-hydroxylation sites is 1. The van der Waals surface area contributed by atoms with Gasteiger partial charge in [-0.25, -0.2) is 4.79 Å². The van der Waals surface area contributed by atoms with Crippen LogP contribution in [0.25, 0.3) is 0 Å². The number of ether oxygens (including phenoxy) is 1. The van der Waals surface area contributed by atoms with Gasteiger partial charge < -0.3 is 15.0 Å². The molecule has 0 aliphatic carbocycles. The number of likely N-dealkylation sites (tertiary alicyclic amines) is 1. The molecule has 1 saturated heterocycles. The van der Waals surface area contributed by atoms with Crippen LogP contribution in [0.3, 0.4) is 0 Å².